The quantitative estimate of drug-likeness (QED) is 0.752. The summed E-state index contributed by atoms with van der Waals surface area (Å²) >= 11 is 0. The molecule has 0 aliphatic rings. The lowest BCUT2D eigenvalue weighted by Crippen LogP contribution is -2.09. The third-order valence-electron chi connectivity index (χ3n) is 3.13. The van der Waals surface area contributed by atoms with Gasteiger partial charge in [-0.2, -0.15) is 5.10 Å². The Labute approximate surface area is 111 Å². The van der Waals surface area contributed by atoms with E-state index in [2.05, 4.69) is 10.1 Å². The van der Waals surface area contributed by atoms with Crippen LogP contribution < -0.4 is 10.6 Å². The van der Waals surface area contributed by atoms with Crippen LogP contribution in [0.3, 0.4) is 0 Å². The standard InChI is InChI=1S/C13H16N6/c1-17(2)10-4-5-11-16-12(13(14)19(11)8-10)9-6-15-18(3)7-9/h4-8H,14H2,1-3H3. The molecule has 3 heterocycles. The maximum Gasteiger partial charge on any atom is 0.139 e. The van der Waals surface area contributed by atoms with Crippen molar-refractivity contribution >= 4 is 17.2 Å². The van der Waals surface area contributed by atoms with Gasteiger partial charge in [0.25, 0.3) is 0 Å². The van der Waals surface area contributed by atoms with E-state index in [0.29, 0.717) is 5.82 Å². The molecule has 0 fully saturated rings. The minimum atomic E-state index is 0.631. The van der Waals surface area contributed by atoms with Crippen molar-refractivity contribution in [3.8, 4) is 11.3 Å². The first-order chi connectivity index (χ1) is 9.06. The molecule has 0 bridgehead atoms. The zero-order valence-electron chi connectivity index (χ0n) is 11.2. The van der Waals surface area contributed by atoms with E-state index in [1.165, 1.54) is 0 Å². The first-order valence-corrected chi connectivity index (χ1v) is 6.00. The molecule has 2 N–H and O–H groups in total. The molecular formula is C13H16N6. The minimum absolute atomic E-state index is 0.631. The lowest BCUT2D eigenvalue weighted by atomic mass is 10.2. The Morgan fingerprint density at radius 1 is 1.21 bits per heavy atom. The fourth-order valence-electron chi connectivity index (χ4n) is 2.07. The van der Waals surface area contributed by atoms with Crippen LogP contribution >= 0.6 is 0 Å². The first kappa shape index (κ1) is 11.6. The Balaban J connectivity index is 2.20. The van der Waals surface area contributed by atoms with Crippen LogP contribution in [0.5, 0.6) is 0 Å². The maximum absolute atomic E-state index is 6.19. The van der Waals surface area contributed by atoms with Gasteiger partial charge in [0.2, 0.25) is 0 Å². The number of imidazole rings is 1. The van der Waals surface area contributed by atoms with Crippen molar-refractivity contribution in [3.05, 3.63) is 30.7 Å². The molecule has 3 aromatic heterocycles. The number of hydrogen-bond acceptors (Lipinski definition) is 4. The van der Waals surface area contributed by atoms with Crippen LogP contribution in [-0.4, -0.2) is 33.3 Å². The zero-order valence-corrected chi connectivity index (χ0v) is 11.2. The topological polar surface area (TPSA) is 64.4 Å². The second-order valence-corrected chi connectivity index (χ2v) is 4.76. The highest BCUT2D eigenvalue weighted by atomic mass is 15.2. The number of hydrogen-bond donors (Lipinski definition) is 1. The predicted octanol–water partition coefficient (Wildman–Crippen LogP) is 1.38. The van der Waals surface area contributed by atoms with Gasteiger partial charge in [-0.25, -0.2) is 4.98 Å². The summed E-state index contributed by atoms with van der Waals surface area (Å²) in [5.41, 5.74) is 9.80. The Morgan fingerprint density at radius 3 is 2.63 bits per heavy atom. The molecule has 6 heteroatoms. The summed E-state index contributed by atoms with van der Waals surface area (Å²) in [4.78, 5) is 6.59. The normalized spacial score (nSPS) is 11.1. The Bertz CT molecular complexity index is 737. The van der Waals surface area contributed by atoms with Gasteiger partial charge in [0, 0.05) is 39.1 Å². The molecule has 6 nitrogen and oxygen atoms in total. The molecule has 0 aromatic carbocycles. The van der Waals surface area contributed by atoms with Crippen LogP contribution in [0, 0.1) is 0 Å². The van der Waals surface area contributed by atoms with Crippen molar-refractivity contribution in [1.82, 2.24) is 19.2 Å². The molecule has 98 valence electrons. The smallest absolute Gasteiger partial charge is 0.139 e. The van der Waals surface area contributed by atoms with E-state index in [1.807, 2.05) is 55.0 Å². The van der Waals surface area contributed by atoms with Crippen molar-refractivity contribution < 1.29 is 0 Å². The molecular weight excluding hydrogens is 240 g/mol. The van der Waals surface area contributed by atoms with Gasteiger partial charge in [-0.15, -0.1) is 0 Å². The molecule has 0 saturated carbocycles. The predicted molar refractivity (Wildman–Crippen MR) is 76.1 cm³/mol. The lowest BCUT2D eigenvalue weighted by Gasteiger charge is -2.12. The van der Waals surface area contributed by atoms with E-state index in [9.17, 15) is 0 Å². The van der Waals surface area contributed by atoms with Crippen molar-refractivity contribution in [2.75, 3.05) is 24.7 Å². The fraction of sp³-hybridized carbons (Fsp3) is 0.231. The van der Waals surface area contributed by atoms with E-state index in [1.54, 1.807) is 10.9 Å². The van der Waals surface area contributed by atoms with E-state index >= 15 is 0 Å². The van der Waals surface area contributed by atoms with Crippen molar-refractivity contribution in [2.24, 2.45) is 7.05 Å². The van der Waals surface area contributed by atoms with Crippen molar-refractivity contribution in [2.45, 2.75) is 0 Å². The van der Waals surface area contributed by atoms with Gasteiger partial charge in [-0.1, -0.05) is 0 Å². The molecule has 0 spiro atoms. The van der Waals surface area contributed by atoms with E-state index < -0.39 is 0 Å². The molecule has 3 rings (SSSR count). The molecule has 0 amide bonds. The van der Waals surface area contributed by atoms with Gasteiger partial charge in [-0.3, -0.25) is 9.08 Å². The second-order valence-electron chi connectivity index (χ2n) is 4.76. The summed E-state index contributed by atoms with van der Waals surface area (Å²) in [6, 6.07) is 3.99. The van der Waals surface area contributed by atoms with Gasteiger partial charge < -0.3 is 10.6 Å². The zero-order chi connectivity index (χ0) is 13.6. The summed E-state index contributed by atoms with van der Waals surface area (Å²) in [5, 5.41) is 4.15. The molecule has 0 aliphatic carbocycles. The van der Waals surface area contributed by atoms with E-state index in [-0.39, 0.29) is 0 Å². The van der Waals surface area contributed by atoms with Crippen LogP contribution in [0.15, 0.2) is 30.7 Å². The first-order valence-electron chi connectivity index (χ1n) is 6.00. The molecule has 19 heavy (non-hydrogen) atoms. The lowest BCUT2D eigenvalue weighted by molar-refractivity contribution is 0.768. The van der Waals surface area contributed by atoms with Crippen LogP contribution in [0.2, 0.25) is 0 Å². The summed E-state index contributed by atoms with van der Waals surface area (Å²) in [6.07, 6.45) is 5.66. The van der Waals surface area contributed by atoms with Crippen LogP contribution in [0.4, 0.5) is 11.5 Å². The summed E-state index contributed by atoms with van der Waals surface area (Å²) in [7, 11) is 5.87. The van der Waals surface area contributed by atoms with Gasteiger partial charge in [0.05, 0.1) is 11.9 Å². The third-order valence-corrected chi connectivity index (χ3v) is 3.13. The fourth-order valence-corrected chi connectivity index (χ4v) is 2.07. The molecule has 0 unspecified atom stereocenters. The number of nitrogens with zero attached hydrogens (tertiary/aromatic N) is 5. The van der Waals surface area contributed by atoms with Crippen molar-refractivity contribution in [1.29, 1.82) is 0 Å². The molecule has 0 aliphatic heterocycles. The van der Waals surface area contributed by atoms with Crippen LogP contribution in [0.25, 0.3) is 16.9 Å². The highest BCUT2D eigenvalue weighted by molar-refractivity contribution is 5.74. The highest BCUT2D eigenvalue weighted by Gasteiger charge is 2.13. The van der Waals surface area contributed by atoms with Gasteiger partial charge >= 0.3 is 0 Å². The molecule has 0 saturated heterocycles. The maximum atomic E-state index is 6.19. The number of aryl methyl sites for hydroxylation is 1. The molecule has 0 atom stereocenters. The van der Waals surface area contributed by atoms with Gasteiger partial charge in [0.1, 0.15) is 17.2 Å². The Kier molecular flexibility index (Phi) is 2.45. The largest absolute Gasteiger partial charge is 0.383 e. The van der Waals surface area contributed by atoms with Crippen LogP contribution in [-0.2, 0) is 7.05 Å². The number of anilines is 2. The van der Waals surface area contributed by atoms with Crippen molar-refractivity contribution in [3.63, 3.8) is 0 Å². The summed E-state index contributed by atoms with van der Waals surface area (Å²) in [6.45, 7) is 0. The highest BCUT2D eigenvalue weighted by Crippen LogP contribution is 2.27. The van der Waals surface area contributed by atoms with E-state index in [4.69, 9.17) is 5.73 Å². The molecule has 3 aromatic rings. The number of aromatic nitrogens is 4. The van der Waals surface area contributed by atoms with E-state index in [0.717, 1.165) is 22.6 Å². The Morgan fingerprint density at radius 2 is 2.00 bits per heavy atom. The number of nitrogens with two attached hydrogens (primary N) is 1. The van der Waals surface area contributed by atoms with Gasteiger partial charge in [-0.05, 0) is 12.1 Å². The number of rotatable bonds is 2. The average molecular weight is 256 g/mol. The summed E-state index contributed by atoms with van der Waals surface area (Å²) < 4.78 is 3.64. The number of fused-ring (bicyclic) bond motifs is 1. The number of pyridine rings is 1. The minimum Gasteiger partial charge on any atom is -0.383 e. The third kappa shape index (κ3) is 1.81. The second kappa shape index (κ2) is 4.01. The SMILES string of the molecule is CN(C)c1ccc2nc(-c3cnn(C)c3)c(N)n2c1. The van der Waals surface area contributed by atoms with Gasteiger partial charge in [0.15, 0.2) is 0 Å². The monoisotopic (exact) mass is 256 g/mol. The summed E-state index contributed by atoms with van der Waals surface area (Å²) in [5.74, 6) is 0.631. The van der Waals surface area contributed by atoms with Crippen LogP contribution in [0.1, 0.15) is 0 Å². The molecule has 0 radical (unpaired) electrons. The average Bonchev–Trinajstić information content (AvgIpc) is 2.93. The Hall–Kier alpha value is -2.50. The number of nitrogen functional groups attached to an aromatic ring is 1.